The maximum atomic E-state index is 14.7. The second kappa shape index (κ2) is 10.6. The van der Waals surface area contributed by atoms with E-state index in [1.807, 2.05) is 12.1 Å². The van der Waals surface area contributed by atoms with Crippen LogP contribution >= 0.6 is 11.6 Å². The summed E-state index contributed by atoms with van der Waals surface area (Å²) in [5.74, 6) is -2.64. The molecule has 2 atom stereocenters. The van der Waals surface area contributed by atoms with E-state index >= 15 is 0 Å². The molecular weight excluding hydrogens is 400 g/mol. The van der Waals surface area contributed by atoms with Crippen LogP contribution in [0.2, 0.25) is 5.02 Å². The van der Waals surface area contributed by atoms with Crippen LogP contribution in [-0.2, 0) is 6.42 Å². The van der Waals surface area contributed by atoms with Gasteiger partial charge in [-0.15, -0.1) is 0 Å². The molecular formula is C24H25ClF4. The number of halogens is 5. The first-order valence-corrected chi connectivity index (χ1v) is 9.97. The molecule has 0 spiro atoms. The minimum atomic E-state index is -4.38. The lowest BCUT2D eigenvalue weighted by Gasteiger charge is -2.23. The van der Waals surface area contributed by atoms with Crippen LogP contribution in [0.15, 0.2) is 78.1 Å². The molecule has 29 heavy (non-hydrogen) atoms. The zero-order chi connectivity index (χ0) is 21.4. The predicted octanol–water partition coefficient (Wildman–Crippen LogP) is 8.44. The van der Waals surface area contributed by atoms with Crippen LogP contribution in [0.5, 0.6) is 0 Å². The summed E-state index contributed by atoms with van der Waals surface area (Å²) < 4.78 is 55.3. The number of alkyl halides is 3. The fraction of sp³-hybridized carbons (Fsp3) is 0.333. The molecule has 0 N–H and O–H groups in total. The highest BCUT2D eigenvalue weighted by Gasteiger charge is 2.40. The van der Waals surface area contributed by atoms with Crippen molar-refractivity contribution in [3.63, 3.8) is 0 Å². The first-order chi connectivity index (χ1) is 13.7. The van der Waals surface area contributed by atoms with Crippen LogP contribution in [0.25, 0.3) is 0 Å². The third-order valence-electron chi connectivity index (χ3n) is 4.89. The summed E-state index contributed by atoms with van der Waals surface area (Å²) in [6.45, 7) is 3.35. The number of hydrogen-bond donors (Lipinski definition) is 0. The van der Waals surface area contributed by atoms with E-state index in [4.69, 9.17) is 11.6 Å². The average molecular weight is 425 g/mol. The van der Waals surface area contributed by atoms with E-state index in [1.54, 1.807) is 50.3 Å². The van der Waals surface area contributed by atoms with Gasteiger partial charge in [0.1, 0.15) is 5.83 Å². The Hall–Kier alpha value is -2.07. The van der Waals surface area contributed by atoms with E-state index in [-0.39, 0.29) is 12.0 Å². The van der Waals surface area contributed by atoms with Gasteiger partial charge in [-0.05, 0) is 67.0 Å². The van der Waals surface area contributed by atoms with Crippen molar-refractivity contribution in [3.05, 3.63) is 94.3 Å². The van der Waals surface area contributed by atoms with Crippen molar-refractivity contribution in [2.45, 2.75) is 45.2 Å². The molecule has 0 radical (unpaired) electrons. The van der Waals surface area contributed by atoms with Crippen LogP contribution in [0.3, 0.4) is 0 Å². The molecule has 0 bridgehead atoms. The van der Waals surface area contributed by atoms with E-state index < -0.39 is 23.8 Å². The molecule has 0 aliphatic carbocycles. The monoisotopic (exact) mass is 424 g/mol. The highest BCUT2D eigenvalue weighted by Crippen LogP contribution is 2.40. The van der Waals surface area contributed by atoms with Crippen molar-refractivity contribution in [2.75, 3.05) is 0 Å². The zero-order valence-corrected chi connectivity index (χ0v) is 17.3. The van der Waals surface area contributed by atoms with Crippen LogP contribution in [0.4, 0.5) is 17.6 Å². The zero-order valence-electron chi connectivity index (χ0n) is 16.5. The summed E-state index contributed by atoms with van der Waals surface area (Å²) >= 11 is 5.87. The van der Waals surface area contributed by atoms with Crippen molar-refractivity contribution in [1.29, 1.82) is 0 Å². The molecule has 0 nitrogen and oxygen atoms in total. The number of rotatable bonds is 8. The molecule has 2 rings (SSSR count). The highest BCUT2D eigenvalue weighted by molar-refractivity contribution is 6.30. The van der Waals surface area contributed by atoms with Crippen LogP contribution in [0, 0.1) is 5.92 Å². The summed E-state index contributed by atoms with van der Waals surface area (Å²) in [6, 6.07) is 15.1. The van der Waals surface area contributed by atoms with Crippen molar-refractivity contribution in [3.8, 4) is 0 Å². The van der Waals surface area contributed by atoms with Gasteiger partial charge >= 0.3 is 6.18 Å². The van der Waals surface area contributed by atoms with E-state index in [0.717, 1.165) is 5.56 Å². The lowest BCUT2D eigenvalue weighted by molar-refractivity contribution is -0.153. The van der Waals surface area contributed by atoms with Gasteiger partial charge in [-0.2, -0.15) is 13.2 Å². The minimum Gasteiger partial charge on any atom is -0.207 e. The molecule has 0 saturated heterocycles. The third kappa shape index (κ3) is 7.36. The van der Waals surface area contributed by atoms with Crippen molar-refractivity contribution < 1.29 is 17.6 Å². The van der Waals surface area contributed by atoms with Gasteiger partial charge in [0, 0.05) is 5.02 Å². The molecule has 0 aromatic heterocycles. The Kier molecular flexibility index (Phi) is 8.51. The molecule has 156 valence electrons. The van der Waals surface area contributed by atoms with Gasteiger partial charge in [0.15, 0.2) is 0 Å². The minimum absolute atomic E-state index is 0.199. The SMILES string of the molecule is C/C=C(CCc1ccc(Cl)cc1)\C(F)=C/[C@@H](C)C[C@@H](c1ccccc1)C(F)(F)F. The van der Waals surface area contributed by atoms with E-state index in [9.17, 15) is 17.6 Å². The Morgan fingerprint density at radius 3 is 2.21 bits per heavy atom. The van der Waals surface area contributed by atoms with Gasteiger partial charge in [-0.1, -0.05) is 67.1 Å². The first-order valence-electron chi connectivity index (χ1n) is 9.59. The molecule has 5 heteroatoms. The Balaban J connectivity index is 2.06. The van der Waals surface area contributed by atoms with Gasteiger partial charge < -0.3 is 0 Å². The molecule has 0 fully saturated rings. The summed E-state index contributed by atoms with van der Waals surface area (Å²) in [6.07, 6.45) is -0.505. The molecule has 0 aliphatic rings. The number of aryl methyl sites for hydroxylation is 1. The fourth-order valence-electron chi connectivity index (χ4n) is 3.27. The Morgan fingerprint density at radius 1 is 1.03 bits per heavy atom. The molecule has 2 aromatic carbocycles. The van der Waals surface area contributed by atoms with Gasteiger partial charge in [0.05, 0.1) is 5.92 Å². The second-order valence-electron chi connectivity index (χ2n) is 7.17. The summed E-state index contributed by atoms with van der Waals surface area (Å²) in [7, 11) is 0. The Morgan fingerprint density at radius 2 is 1.66 bits per heavy atom. The molecule has 0 aliphatic heterocycles. The molecule has 0 amide bonds. The fourth-order valence-corrected chi connectivity index (χ4v) is 3.40. The summed E-state index contributed by atoms with van der Waals surface area (Å²) in [4.78, 5) is 0. The standard InChI is InChI=1S/C24H25ClF4/c1-3-19(12-9-18-10-13-21(25)14-11-18)23(26)16-17(2)15-22(24(27,28)29)20-7-5-4-6-8-20/h3-8,10-11,13-14,16-17,22H,9,12,15H2,1-2H3/b19-3-,23-16+/t17-,22-/m0/s1. The maximum Gasteiger partial charge on any atom is 0.395 e. The molecule has 2 aromatic rings. The smallest absolute Gasteiger partial charge is 0.207 e. The topological polar surface area (TPSA) is 0 Å². The van der Waals surface area contributed by atoms with Gasteiger partial charge in [0.25, 0.3) is 0 Å². The molecule has 0 saturated carbocycles. The van der Waals surface area contributed by atoms with E-state index in [2.05, 4.69) is 0 Å². The van der Waals surface area contributed by atoms with Crippen molar-refractivity contribution in [1.82, 2.24) is 0 Å². The largest absolute Gasteiger partial charge is 0.395 e. The van der Waals surface area contributed by atoms with Crippen LogP contribution in [-0.4, -0.2) is 6.18 Å². The number of allylic oxidation sites excluding steroid dienone is 4. The van der Waals surface area contributed by atoms with Crippen LogP contribution < -0.4 is 0 Å². The first kappa shape index (κ1) is 23.2. The Labute approximate surface area is 174 Å². The average Bonchev–Trinajstić information content (AvgIpc) is 2.68. The number of hydrogen-bond acceptors (Lipinski definition) is 0. The summed E-state index contributed by atoms with van der Waals surface area (Å²) in [5.41, 5.74) is 1.72. The third-order valence-corrected chi connectivity index (χ3v) is 5.14. The molecule has 0 unspecified atom stereocenters. The summed E-state index contributed by atoms with van der Waals surface area (Å²) in [5, 5.41) is 0.637. The lowest BCUT2D eigenvalue weighted by atomic mass is 9.88. The van der Waals surface area contributed by atoms with E-state index in [0.29, 0.717) is 23.4 Å². The van der Waals surface area contributed by atoms with Gasteiger partial charge in [-0.25, -0.2) is 4.39 Å². The van der Waals surface area contributed by atoms with Crippen LogP contribution in [0.1, 0.15) is 43.7 Å². The quantitative estimate of drug-likeness (QED) is 0.294. The van der Waals surface area contributed by atoms with Gasteiger partial charge in [0.2, 0.25) is 0 Å². The second-order valence-corrected chi connectivity index (χ2v) is 7.61. The predicted molar refractivity (Wildman–Crippen MR) is 112 cm³/mol. The van der Waals surface area contributed by atoms with Crippen molar-refractivity contribution in [2.24, 2.45) is 5.92 Å². The normalized spacial score (nSPS) is 15.3. The highest BCUT2D eigenvalue weighted by atomic mass is 35.5. The number of benzene rings is 2. The molecule has 0 heterocycles. The Bertz CT molecular complexity index is 820. The lowest BCUT2D eigenvalue weighted by Crippen LogP contribution is -2.22. The van der Waals surface area contributed by atoms with E-state index in [1.165, 1.54) is 18.2 Å². The van der Waals surface area contributed by atoms with Crippen molar-refractivity contribution >= 4 is 11.6 Å². The van der Waals surface area contributed by atoms with Gasteiger partial charge in [-0.3, -0.25) is 0 Å². The maximum absolute atomic E-state index is 14.7.